The standard InChI is InChI=1S/C22H19BrClF2NO5S/c1-31-22-16(24)8-13(12-28)9-21(22)33(29,30)27-19-10-15(17(25)11-18(19)26)14-4-2-3-5-20(14)32-7-6-23/h2-5,8-11,27-28H,6-7,12H2,1H3. The lowest BCUT2D eigenvalue weighted by atomic mass is 10.0. The van der Waals surface area contributed by atoms with Gasteiger partial charge < -0.3 is 14.6 Å². The summed E-state index contributed by atoms with van der Waals surface area (Å²) < 4.78 is 68.3. The van der Waals surface area contributed by atoms with Gasteiger partial charge in [-0.1, -0.05) is 45.7 Å². The van der Waals surface area contributed by atoms with Crippen molar-refractivity contribution in [3.05, 3.63) is 70.8 Å². The third kappa shape index (κ3) is 5.57. The van der Waals surface area contributed by atoms with Gasteiger partial charge in [0.05, 0.1) is 31.0 Å². The molecule has 0 atom stereocenters. The molecule has 0 fully saturated rings. The van der Waals surface area contributed by atoms with E-state index in [1.54, 1.807) is 24.3 Å². The zero-order chi connectivity index (χ0) is 24.2. The molecule has 11 heteroatoms. The maximum absolute atomic E-state index is 14.7. The van der Waals surface area contributed by atoms with Crippen molar-refractivity contribution in [2.24, 2.45) is 0 Å². The Labute approximate surface area is 203 Å². The van der Waals surface area contributed by atoms with Crippen LogP contribution in [0.15, 0.2) is 53.4 Å². The number of hydrogen-bond acceptors (Lipinski definition) is 5. The Hall–Kier alpha value is -2.40. The minimum Gasteiger partial charge on any atom is -0.494 e. The van der Waals surface area contributed by atoms with Gasteiger partial charge in [0.25, 0.3) is 10.0 Å². The number of halogens is 4. The summed E-state index contributed by atoms with van der Waals surface area (Å²) in [5.74, 6) is -1.85. The monoisotopic (exact) mass is 561 g/mol. The molecule has 3 aromatic carbocycles. The molecule has 0 bridgehead atoms. The summed E-state index contributed by atoms with van der Waals surface area (Å²) >= 11 is 9.31. The van der Waals surface area contributed by atoms with Gasteiger partial charge in [-0.3, -0.25) is 4.72 Å². The molecular weight excluding hydrogens is 544 g/mol. The van der Waals surface area contributed by atoms with Crippen LogP contribution in [0.25, 0.3) is 11.1 Å². The van der Waals surface area contributed by atoms with Crippen LogP contribution < -0.4 is 14.2 Å². The second-order valence-electron chi connectivity index (χ2n) is 6.72. The minimum absolute atomic E-state index is 0.0532. The summed E-state index contributed by atoms with van der Waals surface area (Å²) in [4.78, 5) is -0.409. The van der Waals surface area contributed by atoms with Crippen LogP contribution in [-0.4, -0.2) is 32.6 Å². The topological polar surface area (TPSA) is 84.9 Å². The predicted octanol–water partition coefficient (Wildman–Crippen LogP) is 5.36. The van der Waals surface area contributed by atoms with Gasteiger partial charge in [-0.15, -0.1) is 0 Å². The van der Waals surface area contributed by atoms with Gasteiger partial charge in [-0.2, -0.15) is 0 Å². The number of alkyl halides is 1. The van der Waals surface area contributed by atoms with Gasteiger partial charge in [0.1, 0.15) is 22.3 Å². The highest BCUT2D eigenvalue weighted by Gasteiger charge is 2.25. The molecule has 3 rings (SSSR count). The summed E-state index contributed by atoms with van der Waals surface area (Å²) in [6.07, 6.45) is 0. The first-order chi connectivity index (χ1) is 15.7. The van der Waals surface area contributed by atoms with E-state index in [0.717, 1.165) is 12.1 Å². The smallest absolute Gasteiger partial charge is 0.265 e. The number of para-hydroxylation sites is 1. The summed E-state index contributed by atoms with van der Waals surface area (Å²) in [5, 5.41) is 9.88. The largest absolute Gasteiger partial charge is 0.494 e. The van der Waals surface area contributed by atoms with E-state index in [0.29, 0.717) is 29.3 Å². The zero-order valence-corrected chi connectivity index (χ0v) is 20.4. The van der Waals surface area contributed by atoms with Crippen LogP contribution in [0.5, 0.6) is 11.5 Å². The van der Waals surface area contributed by atoms with Gasteiger partial charge in [0.15, 0.2) is 5.75 Å². The first kappa shape index (κ1) is 25.2. The SMILES string of the molecule is COc1c(Cl)cc(CO)cc1S(=O)(=O)Nc1cc(-c2ccccc2OCCBr)c(F)cc1F. The molecule has 0 saturated heterocycles. The van der Waals surface area contributed by atoms with Crippen molar-refractivity contribution >= 4 is 43.2 Å². The van der Waals surface area contributed by atoms with Crippen LogP contribution in [0, 0.1) is 11.6 Å². The molecule has 0 spiro atoms. The number of nitrogens with one attached hydrogen (secondary N) is 1. The van der Waals surface area contributed by atoms with E-state index in [9.17, 15) is 22.3 Å². The van der Waals surface area contributed by atoms with Gasteiger partial charge in [0, 0.05) is 22.5 Å². The van der Waals surface area contributed by atoms with Gasteiger partial charge in [-0.05, 0) is 29.8 Å². The van der Waals surface area contributed by atoms with Crippen molar-refractivity contribution in [3.63, 3.8) is 0 Å². The fourth-order valence-corrected chi connectivity index (χ4v) is 4.94. The van der Waals surface area contributed by atoms with E-state index >= 15 is 0 Å². The lowest BCUT2D eigenvalue weighted by Gasteiger charge is -2.16. The van der Waals surface area contributed by atoms with E-state index in [2.05, 4.69) is 20.7 Å². The van der Waals surface area contributed by atoms with Crippen LogP contribution in [0.1, 0.15) is 5.56 Å². The Morgan fingerprint density at radius 3 is 2.48 bits per heavy atom. The number of sulfonamides is 1. The summed E-state index contributed by atoms with van der Waals surface area (Å²) in [5.41, 5.74) is -0.0266. The number of hydrogen-bond donors (Lipinski definition) is 2. The molecule has 6 nitrogen and oxygen atoms in total. The first-order valence-corrected chi connectivity index (χ1v) is 12.5. The number of benzene rings is 3. The third-order valence-electron chi connectivity index (χ3n) is 4.56. The zero-order valence-electron chi connectivity index (χ0n) is 17.2. The lowest BCUT2D eigenvalue weighted by molar-refractivity contribution is 0.281. The molecule has 2 N–H and O–H groups in total. The van der Waals surface area contributed by atoms with Crippen molar-refractivity contribution in [3.8, 4) is 22.6 Å². The maximum Gasteiger partial charge on any atom is 0.265 e. The number of methoxy groups -OCH3 is 1. The second kappa shape index (κ2) is 10.7. The van der Waals surface area contributed by atoms with E-state index in [4.69, 9.17) is 21.1 Å². The Morgan fingerprint density at radius 1 is 1.09 bits per heavy atom. The van der Waals surface area contributed by atoms with Crippen molar-refractivity contribution in [1.82, 2.24) is 0 Å². The van der Waals surface area contributed by atoms with Gasteiger partial charge in [-0.25, -0.2) is 17.2 Å². The Balaban J connectivity index is 2.09. The van der Waals surface area contributed by atoms with Crippen molar-refractivity contribution < 1.29 is 31.8 Å². The Bertz CT molecular complexity index is 1270. The molecule has 3 aromatic rings. The molecule has 0 unspecified atom stereocenters. The number of rotatable bonds is 9. The first-order valence-electron chi connectivity index (χ1n) is 9.49. The van der Waals surface area contributed by atoms with E-state index in [1.165, 1.54) is 13.2 Å². The van der Waals surface area contributed by atoms with Crippen molar-refractivity contribution in [2.75, 3.05) is 23.8 Å². The molecule has 0 aromatic heterocycles. The third-order valence-corrected chi connectivity index (χ3v) is 6.53. The van der Waals surface area contributed by atoms with Crippen LogP contribution in [-0.2, 0) is 16.6 Å². The van der Waals surface area contributed by atoms with Crippen molar-refractivity contribution in [1.29, 1.82) is 0 Å². The lowest BCUT2D eigenvalue weighted by Crippen LogP contribution is -2.16. The Morgan fingerprint density at radius 2 is 1.82 bits per heavy atom. The fourth-order valence-electron chi connectivity index (χ4n) is 3.11. The molecular formula is C22H19BrClF2NO5S. The van der Waals surface area contributed by atoms with E-state index in [-0.39, 0.29) is 21.9 Å². The molecule has 176 valence electrons. The Kier molecular flexibility index (Phi) is 8.17. The van der Waals surface area contributed by atoms with E-state index < -0.39 is 38.8 Å². The molecule has 0 heterocycles. The molecule has 0 aliphatic heterocycles. The normalized spacial score (nSPS) is 11.3. The van der Waals surface area contributed by atoms with Gasteiger partial charge in [0.2, 0.25) is 0 Å². The fraction of sp³-hybridized carbons (Fsp3) is 0.182. The minimum atomic E-state index is -4.44. The maximum atomic E-state index is 14.7. The molecule has 0 saturated carbocycles. The number of ether oxygens (including phenoxy) is 2. The molecule has 33 heavy (non-hydrogen) atoms. The summed E-state index contributed by atoms with van der Waals surface area (Å²) in [6.45, 7) is -0.173. The highest BCUT2D eigenvalue weighted by Crippen LogP contribution is 2.37. The van der Waals surface area contributed by atoms with Crippen LogP contribution in [0.2, 0.25) is 5.02 Å². The van der Waals surface area contributed by atoms with Crippen LogP contribution >= 0.6 is 27.5 Å². The molecule has 0 aliphatic rings. The average molecular weight is 563 g/mol. The predicted molar refractivity (Wildman–Crippen MR) is 126 cm³/mol. The highest BCUT2D eigenvalue weighted by molar-refractivity contribution is 9.09. The van der Waals surface area contributed by atoms with Crippen LogP contribution in [0.3, 0.4) is 0 Å². The second-order valence-corrected chi connectivity index (χ2v) is 9.57. The number of aliphatic hydroxyl groups is 1. The molecule has 0 radical (unpaired) electrons. The highest BCUT2D eigenvalue weighted by atomic mass is 79.9. The number of aliphatic hydroxyl groups excluding tert-OH is 1. The number of anilines is 1. The van der Waals surface area contributed by atoms with E-state index in [1.807, 2.05) is 0 Å². The summed E-state index contributed by atoms with van der Waals surface area (Å²) in [7, 11) is -3.22. The average Bonchev–Trinajstić information content (AvgIpc) is 2.79. The van der Waals surface area contributed by atoms with Gasteiger partial charge >= 0.3 is 0 Å². The summed E-state index contributed by atoms with van der Waals surface area (Å²) in [6, 6.07) is 10.7. The van der Waals surface area contributed by atoms with Crippen LogP contribution in [0.4, 0.5) is 14.5 Å². The molecule has 0 aliphatic carbocycles. The quantitative estimate of drug-likeness (QED) is 0.343. The molecule has 0 amide bonds. The van der Waals surface area contributed by atoms with Crippen molar-refractivity contribution in [2.45, 2.75) is 11.5 Å².